The Labute approximate surface area is 89.8 Å². The average Bonchev–Trinajstić information content (AvgIpc) is 2.14. The van der Waals surface area contributed by atoms with Crippen molar-refractivity contribution in [1.29, 1.82) is 0 Å². The number of hydrogen-bond acceptors (Lipinski definition) is 4. The summed E-state index contributed by atoms with van der Waals surface area (Å²) in [7, 11) is 0. The fraction of sp³-hybridized carbons (Fsp3) is 0.889. The van der Waals surface area contributed by atoms with Gasteiger partial charge in [-0.3, -0.25) is 4.90 Å². The Morgan fingerprint density at radius 2 is 1.47 bits per heavy atom. The largest absolute Gasteiger partial charge is 0.503 e. The summed E-state index contributed by atoms with van der Waals surface area (Å²) in [5.74, 6) is 0. The van der Waals surface area contributed by atoms with Gasteiger partial charge in [-0.05, 0) is 13.0 Å². The third-order valence-electron chi connectivity index (χ3n) is 1.66. The highest BCUT2D eigenvalue weighted by Gasteiger charge is 2.00. The molecule has 0 rings (SSSR count). The highest BCUT2D eigenvalue weighted by atomic mass is 16.6. The van der Waals surface area contributed by atoms with Gasteiger partial charge in [0, 0.05) is 13.1 Å². The van der Waals surface area contributed by atoms with E-state index in [-0.39, 0.29) is 13.2 Å². The van der Waals surface area contributed by atoms with Crippen LogP contribution in [0.1, 0.15) is 19.8 Å². The van der Waals surface area contributed by atoms with E-state index < -0.39 is 6.16 Å². The number of carboxylic acid groups (broad SMARTS) is 2. The molecule has 0 atom stereocenters. The molecule has 0 aromatic rings. The first-order valence-corrected chi connectivity index (χ1v) is 4.94. The Kier molecular flexibility index (Phi) is 14.5. The molecular weight excluding hydrogens is 202 g/mol. The molecule has 0 saturated carbocycles. The van der Waals surface area contributed by atoms with E-state index in [2.05, 4.69) is 11.8 Å². The quantitative estimate of drug-likeness (QED) is 0.495. The molecule has 0 aliphatic carbocycles. The van der Waals surface area contributed by atoms with Crippen molar-refractivity contribution in [3.8, 4) is 0 Å². The maximum absolute atomic E-state index is 8.64. The van der Waals surface area contributed by atoms with Gasteiger partial charge in [0.25, 0.3) is 0 Å². The molecule has 0 aliphatic rings. The fourth-order valence-corrected chi connectivity index (χ4v) is 1.000. The van der Waals surface area contributed by atoms with Crippen molar-refractivity contribution < 1.29 is 25.2 Å². The Bertz CT molecular complexity index is 132. The van der Waals surface area contributed by atoms with Crippen LogP contribution in [-0.2, 0) is 0 Å². The van der Waals surface area contributed by atoms with Crippen LogP contribution in [0.25, 0.3) is 0 Å². The molecule has 0 aromatic heterocycles. The summed E-state index contributed by atoms with van der Waals surface area (Å²) in [6.07, 6.45) is 0.466. The third kappa shape index (κ3) is 19.5. The van der Waals surface area contributed by atoms with E-state index in [1.54, 1.807) is 0 Å². The van der Waals surface area contributed by atoms with Crippen LogP contribution < -0.4 is 0 Å². The highest BCUT2D eigenvalue weighted by Crippen LogP contribution is 1.93. The molecule has 6 heteroatoms. The molecule has 0 unspecified atom stereocenters. The predicted octanol–water partition coefficient (Wildman–Crippen LogP) is 0.296. The van der Waals surface area contributed by atoms with Crippen LogP contribution in [0.2, 0.25) is 0 Å². The van der Waals surface area contributed by atoms with Crippen molar-refractivity contribution in [3.05, 3.63) is 0 Å². The monoisotopic (exact) mass is 223 g/mol. The van der Waals surface area contributed by atoms with Gasteiger partial charge < -0.3 is 20.4 Å². The number of carbonyl (C=O) groups is 1. The lowest BCUT2D eigenvalue weighted by Gasteiger charge is -2.19. The van der Waals surface area contributed by atoms with Crippen LogP contribution in [0.3, 0.4) is 0 Å². The van der Waals surface area contributed by atoms with Crippen molar-refractivity contribution in [2.24, 2.45) is 0 Å². The smallest absolute Gasteiger partial charge is 0.450 e. The molecule has 0 bridgehead atoms. The molecular formula is C9H21NO5. The van der Waals surface area contributed by atoms with Crippen molar-refractivity contribution in [1.82, 2.24) is 4.90 Å². The molecule has 0 heterocycles. The summed E-state index contributed by atoms with van der Waals surface area (Å²) in [6.45, 7) is 4.85. The van der Waals surface area contributed by atoms with Crippen LogP contribution in [0.5, 0.6) is 0 Å². The number of unbranched alkanes of at least 4 members (excludes halogenated alkanes) is 1. The summed E-state index contributed by atoms with van der Waals surface area (Å²) in [5, 5.41) is 31.2. The summed E-state index contributed by atoms with van der Waals surface area (Å²) in [4.78, 5) is 10.6. The summed E-state index contributed by atoms with van der Waals surface area (Å²) in [6, 6.07) is 0. The van der Waals surface area contributed by atoms with E-state index in [9.17, 15) is 0 Å². The summed E-state index contributed by atoms with van der Waals surface area (Å²) in [5.41, 5.74) is 0. The first-order chi connectivity index (χ1) is 7.08. The molecule has 0 spiro atoms. The van der Waals surface area contributed by atoms with Gasteiger partial charge in [-0.15, -0.1) is 0 Å². The zero-order chi connectivity index (χ0) is 12.1. The van der Waals surface area contributed by atoms with Crippen molar-refractivity contribution >= 4 is 6.16 Å². The van der Waals surface area contributed by atoms with Gasteiger partial charge in [0.1, 0.15) is 0 Å². The first-order valence-electron chi connectivity index (χ1n) is 4.94. The molecule has 0 radical (unpaired) electrons. The van der Waals surface area contributed by atoms with Crippen LogP contribution in [0.15, 0.2) is 0 Å². The normalized spacial score (nSPS) is 9.60. The van der Waals surface area contributed by atoms with Gasteiger partial charge in [0.2, 0.25) is 0 Å². The Morgan fingerprint density at radius 1 is 1.07 bits per heavy atom. The van der Waals surface area contributed by atoms with Crippen molar-refractivity contribution in [2.45, 2.75) is 19.8 Å². The molecule has 0 fully saturated rings. The van der Waals surface area contributed by atoms with Gasteiger partial charge >= 0.3 is 6.16 Å². The first kappa shape index (κ1) is 16.6. The molecule has 0 saturated heterocycles. The van der Waals surface area contributed by atoms with Gasteiger partial charge in [-0.1, -0.05) is 13.3 Å². The molecule has 0 amide bonds. The fourth-order valence-electron chi connectivity index (χ4n) is 1.000. The molecule has 15 heavy (non-hydrogen) atoms. The van der Waals surface area contributed by atoms with E-state index in [0.29, 0.717) is 13.1 Å². The van der Waals surface area contributed by atoms with E-state index >= 15 is 0 Å². The second kappa shape index (κ2) is 13.2. The third-order valence-corrected chi connectivity index (χ3v) is 1.66. The van der Waals surface area contributed by atoms with Crippen LogP contribution in [-0.4, -0.2) is 64.3 Å². The SMILES string of the molecule is CCCCN(CCO)CCO.O=C(O)O. The van der Waals surface area contributed by atoms with Crippen LogP contribution in [0, 0.1) is 0 Å². The summed E-state index contributed by atoms with van der Waals surface area (Å²) >= 11 is 0. The second-order valence-corrected chi connectivity index (χ2v) is 2.92. The molecule has 4 N–H and O–H groups in total. The van der Waals surface area contributed by atoms with E-state index in [4.69, 9.17) is 25.2 Å². The van der Waals surface area contributed by atoms with Crippen molar-refractivity contribution in [3.63, 3.8) is 0 Å². The van der Waals surface area contributed by atoms with Crippen LogP contribution in [0.4, 0.5) is 4.79 Å². The van der Waals surface area contributed by atoms with Gasteiger partial charge in [0.05, 0.1) is 13.2 Å². The lowest BCUT2D eigenvalue weighted by Crippen LogP contribution is -2.30. The van der Waals surface area contributed by atoms with Crippen molar-refractivity contribution in [2.75, 3.05) is 32.8 Å². The number of hydrogen-bond donors (Lipinski definition) is 4. The number of nitrogens with zero attached hydrogens (tertiary/aromatic N) is 1. The minimum Gasteiger partial charge on any atom is -0.450 e. The van der Waals surface area contributed by atoms with Gasteiger partial charge in [0.15, 0.2) is 0 Å². The van der Waals surface area contributed by atoms with E-state index in [1.165, 1.54) is 0 Å². The van der Waals surface area contributed by atoms with Gasteiger partial charge in [-0.25, -0.2) is 4.79 Å². The summed E-state index contributed by atoms with van der Waals surface area (Å²) < 4.78 is 0. The lowest BCUT2D eigenvalue weighted by atomic mass is 10.3. The maximum atomic E-state index is 8.64. The number of aliphatic hydroxyl groups excluding tert-OH is 2. The molecule has 6 nitrogen and oxygen atoms in total. The zero-order valence-electron chi connectivity index (χ0n) is 9.09. The maximum Gasteiger partial charge on any atom is 0.503 e. The number of rotatable bonds is 7. The lowest BCUT2D eigenvalue weighted by molar-refractivity contribution is 0.137. The predicted molar refractivity (Wildman–Crippen MR) is 56.2 cm³/mol. The number of aliphatic hydroxyl groups is 2. The Balaban J connectivity index is 0. The minimum absolute atomic E-state index is 0.184. The average molecular weight is 223 g/mol. The zero-order valence-corrected chi connectivity index (χ0v) is 9.09. The standard InChI is InChI=1S/C8H19NO2.CH2O3/c1-2-3-4-9(5-7-10)6-8-11;2-1(3)4/h10-11H,2-8H2,1H3;(H2,2,3,4). The second-order valence-electron chi connectivity index (χ2n) is 2.92. The topological polar surface area (TPSA) is 101 Å². The Morgan fingerprint density at radius 3 is 1.73 bits per heavy atom. The highest BCUT2D eigenvalue weighted by molar-refractivity contribution is 5.53. The van der Waals surface area contributed by atoms with Gasteiger partial charge in [-0.2, -0.15) is 0 Å². The Hall–Kier alpha value is -0.850. The van der Waals surface area contributed by atoms with Crippen LogP contribution >= 0.6 is 0 Å². The van der Waals surface area contributed by atoms with E-state index in [0.717, 1.165) is 19.4 Å². The molecule has 92 valence electrons. The molecule has 0 aromatic carbocycles. The molecule has 0 aliphatic heterocycles. The minimum atomic E-state index is -1.83. The van der Waals surface area contributed by atoms with E-state index in [1.807, 2.05) is 0 Å².